The van der Waals surface area contributed by atoms with Gasteiger partial charge in [0.1, 0.15) is 0 Å². The first kappa shape index (κ1) is 15.8. The summed E-state index contributed by atoms with van der Waals surface area (Å²) in [5.74, 6) is 0.165. The van der Waals surface area contributed by atoms with Crippen molar-refractivity contribution in [3.8, 4) is 0 Å². The molecule has 0 aliphatic carbocycles. The second-order valence-electron chi connectivity index (χ2n) is 5.34. The van der Waals surface area contributed by atoms with Crippen LogP contribution in [-0.4, -0.2) is 56.7 Å². The van der Waals surface area contributed by atoms with Gasteiger partial charge in [-0.1, -0.05) is 18.2 Å². The average molecular weight is 291 g/mol. The number of nitrogens with two attached hydrogens (primary N) is 1. The largest absolute Gasteiger partial charge is 0.378 e. The fourth-order valence-electron chi connectivity index (χ4n) is 2.56. The number of benzene rings is 1. The number of ether oxygens (including phenoxy) is 1. The normalized spacial score (nSPS) is 15.0. The number of morpholine rings is 1. The van der Waals surface area contributed by atoms with Crippen molar-refractivity contribution in [3.05, 3.63) is 29.8 Å². The summed E-state index contributed by atoms with van der Waals surface area (Å²) in [6.07, 6.45) is 0.880. The van der Waals surface area contributed by atoms with Gasteiger partial charge in [-0.3, -0.25) is 4.79 Å². The highest BCUT2D eigenvalue weighted by Crippen LogP contribution is 2.19. The van der Waals surface area contributed by atoms with Crippen molar-refractivity contribution in [2.24, 2.45) is 5.73 Å². The predicted octanol–water partition coefficient (Wildman–Crippen LogP) is 1.01. The van der Waals surface area contributed by atoms with Gasteiger partial charge in [0, 0.05) is 25.3 Å². The first-order chi connectivity index (χ1) is 10.2. The maximum absolute atomic E-state index is 12.5. The smallest absolute Gasteiger partial charge is 0.242 e. The number of aryl methyl sites for hydroxylation is 1. The molecule has 2 rings (SSSR count). The zero-order valence-electron chi connectivity index (χ0n) is 12.8. The SMILES string of the molecule is Cc1ccccc1N(CCCN)CC(=O)N1CCOCC1. The summed E-state index contributed by atoms with van der Waals surface area (Å²) in [4.78, 5) is 16.5. The van der Waals surface area contributed by atoms with Crippen molar-refractivity contribution >= 4 is 11.6 Å². The van der Waals surface area contributed by atoms with Gasteiger partial charge in [-0.2, -0.15) is 0 Å². The number of para-hydroxylation sites is 1. The Balaban J connectivity index is 2.05. The van der Waals surface area contributed by atoms with Crippen LogP contribution in [0.15, 0.2) is 24.3 Å². The van der Waals surface area contributed by atoms with Gasteiger partial charge in [0.05, 0.1) is 19.8 Å². The maximum Gasteiger partial charge on any atom is 0.242 e. The molecular weight excluding hydrogens is 266 g/mol. The third kappa shape index (κ3) is 4.44. The van der Waals surface area contributed by atoms with Gasteiger partial charge in [-0.05, 0) is 31.5 Å². The van der Waals surface area contributed by atoms with E-state index in [1.54, 1.807) is 0 Å². The minimum Gasteiger partial charge on any atom is -0.378 e. The Hall–Kier alpha value is -1.59. The summed E-state index contributed by atoms with van der Waals surface area (Å²) in [7, 11) is 0. The van der Waals surface area contributed by atoms with Crippen LogP contribution in [0, 0.1) is 6.92 Å². The van der Waals surface area contributed by atoms with Crippen LogP contribution in [-0.2, 0) is 9.53 Å². The zero-order valence-corrected chi connectivity index (χ0v) is 12.8. The Labute approximate surface area is 126 Å². The quantitative estimate of drug-likeness (QED) is 0.850. The molecular formula is C16H25N3O2. The predicted molar refractivity (Wildman–Crippen MR) is 84.5 cm³/mol. The molecule has 1 aromatic carbocycles. The molecule has 0 bridgehead atoms. The molecule has 21 heavy (non-hydrogen) atoms. The number of nitrogens with zero attached hydrogens (tertiary/aromatic N) is 2. The van der Waals surface area contributed by atoms with E-state index in [1.807, 2.05) is 17.0 Å². The lowest BCUT2D eigenvalue weighted by molar-refractivity contribution is -0.133. The Morgan fingerprint density at radius 1 is 1.33 bits per heavy atom. The summed E-state index contributed by atoms with van der Waals surface area (Å²) < 4.78 is 5.30. The van der Waals surface area contributed by atoms with Gasteiger partial charge in [0.2, 0.25) is 5.91 Å². The third-order valence-corrected chi connectivity index (χ3v) is 3.78. The van der Waals surface area contributed by atoms with Crippen LogP contribution in [0.5, 0.6) is 0 Å². The molecule has 0 saturated carbocycles. The van der Waals surface area contributed by atoms with E-state index in [1.165, 1.54) is 5.56 Å². The van der Waals surface area contributed by atoms with Gasteiger partial charge in [-0.15, -0.1) is 0 Å². The second kappa shape index (κ2) is 8.00. The highest BCUT2D eigenvalue weighted by molar-refractivity contribution is 5.82. The van der Waals surface area contributed by atoms with E-state index >= 15 is 0 Å². The van der Waals surface area contributed by atoms with Crippen LogP contribution in [0.3, 0.4) is 0 Å². The second-order valence-corrected chi connectivity index (χ2v) is 5.34. The highest BCUT2D eigenvalue weighted by atomic mass is 16.5. The van der Waals surface area contributed by atoms with E-state index in [4.69, 9.17) is 10.5 Å². The number of anilines is 1. The number of carbonyl (C=O) groups excluding carboxylic acids is 1. The molecule has 2 N–H and O–H groups in total. The molecule has 1 aliphatic rings. The van der Waals surface area contributed by atoms with Crippen molar-refractivity contribution in [1.29, 1.82) is 0 Å². The number of rotatable bonds is 6. The number of hydrogen-bond donors (Lipinski definition) is 1. The number of carbonyl (C=O) groups is 1. The van der Waals surface area contributed by atoms with Crippen LogP contribution in [0.2, 0.25) is 0 Å². The van der Waals surface area contributed by atoms with E-state index in [0.29, 0.717) is 39.4 Å². The van der Waals surface area contributed by atoms with Crippen molar-refractivity contribution in [2.45, 2.75) is 13.3 Å². The van der Waals surface area contributed by atoms with E-state index in [-0.39, 0.29) is 5.91 Å². The summed E-state index contributed by atoms with van der Waals surface area (Å²) in [5.41, 5.74) is 7.93. The van der Waals surface area contributed by atoms with Gasteiger partial charge >= 0.3 is 0 Å². The lowest BCUT2D eigenvalue weighted by atomic mass is 10.1. The summed E-state index contributed by atoms with van der Waals surface area (Å²) in [5, 5.41) is 0. The Morgan fingerprint density at radius 3 is 2.71 bits per heavy atom. The monoisotopic (exact) mass is 291 g/mol. The molecule has 1 aliphatic heterocycles. The van der Waals surface area contributed by atoms with E-state index in [9.17, 15) is 4.79 Å². The standard InChI is InChI=1S/C16H25N3O2/c1-14-5-2-3-6-15(14)19(8-4-7-17)13-16(20)18-9-11-21-12-10-18/h2-3,5-6H,4,7-13,17H2,1H3. The summed E-state index contributed by atoms with van der Waals surface area (Å²) in [6.45, 7) is 6.58. The molecule has 0 unspecified atom stereocenters. The average Bonchev–Trinajstić information content (AvgIpc) is 2.53. The van der Waals surface area contributed by atoms with Gasteiger partial charge < -0.3 is 20.3 Å². The van der Waals surface area contributed by atoms with E-state index in [0.717, 1.165) is 18.7 Å². The van der Waals surface area contributed by atoms with Crippen molar-refractivity contribution in [2.75, 3.05) is 50.8 Å². The molecule has 0 atom stereocenters. The molecule has 1 aromatic rings. The molecule has 0 aromatic heterocycles. The highest BCUT2D eigenvalue weighted by Gasteiger charge is 2.20. The number of amides is 1. The van der Waals surface area contributed by atoms with Crippen molar-refractivity contribution in [3.63, 3.8) is 0 Å². The van der Waals surface area contributed by atoms with Gasteiger partial charge in [0.25, 0.3) is 0 Å². The zero-order chi connectivity index (χ0) is 15.1. The van der Waals surface area contributed by atoms with Crippen LogP contribution in [0.25, 0.3) is 0 Å². The topological polar surface area (TPSA) is 58.8 Å². The van der Waals surface area contributed by atoms with Crippen LogP contribution in [0.1, 0.15) is 12.0 Å². The first-order valence-corrected chi connectivity index (χ1v) is 7.58. The molecule has 1 heterocycles. The van der Waals surface area contributed by atoms with Gasteiger partial charge in [-0.25, -0.2) is 0 Å². The lowest BCUT2D eigenvalue weighted by Crippen LogP contribution is -2.46. The summed E-state index contributed by atoms with van der Waals surface area (Å²) >= 11 is 0. The molecule has 5 nitrogen and oxygen atoms in total. The molecule has 1 saturated heterocycles. The molecule has 5 heteroatoms. The maximum atomic E-state index is 12.5. The first-order valence-electron chi connectivity index (χ1n) is 7.58. The Bertz CT molecular complexity index is 459. The Morgan fingerprint density at radius 2 is 2.05 bits per heavy atom. The van der Waals surface area contributed by atoms with E-state index < -0.39 is 0 Å². The Kier molecular flexibility index (Phi) is 6.02. The van der Waals surface area contributed by atoms with Crippen molar-refractivity contribution in [1.82, 2.24) is 4.90 Å². The fraction of sp³-hybridized carbons (Fsp3) is 0.562. The van der Waals surface area contributed by atoms with Crippen molar-refractivity contribution < 1.29 is 9.53 Å². The molecule has 116 valence electrons. The molecule has 1 fully saturated rings. The van der Waals surface area contributed by atoms with E-state index in [2.05, 4.69) is 24.0 Å². The minimum atomic E-state index is 0.165. The van der Waals surface area contributed by atoms with Crippen LogP contribution in [0.4, 0.5) is 5.69 Å². The number of hydrogen-bond acceptors (Lipinski definition) is 4. The molecule has 0 radical (unpaired) electrons. The van der Waals surface area contributed by atoms with Gasteiger partial charge in [0.15, 0.2) is 0 Å². The molecule has 1 amide bonds. The third-order valence-electron chi connectivity index (χ3n) is 3.78. The van der Waals surface area contributed by atoms with Crippen LogP contribution < -0.4 is 10.6 Å². The summed E-state index contributed by atoms with van der Waals surface area (Å²) in [6, 6.07) is 8.17. The molecule has 0 spiro atoms. The van der Waals surface area contributed by atoms with Crippen LogP contribution >= 0.6 is 0 Å². The lowest BCUT2D eigenvalue weighted by Gasteiger charge is -2.31. The fourth-order valence-corrected chi connectivity index (χ4v) is 2.56. The minimum absolute atomic E-state index is 0.165.